The minimum Gasteiger partial charge on any atom is -0.415 e. The Kier molecular flexibility index (Phi) is 5.58. The zero-order valence-electron chi connectivity index (χ0n) is 18.0. The van der Waals surface area contributed by atoms with E-state index < -0.39 is 0 Å². The van der Waals surface area contributed by atoms with E-state index in [0.29, 0.717) is 34.4 Å². The number of benzene rings is 2. The second-order valence-corrected chi connectivity index (χ2v) is 7.39. The third-order valence-corrected chi connectivity index (χ3v) is 5.05. The first-order chi connectivity index (χ1) is 15.0. The predicted molar refractivity (Wildman–Crippen MR) is 118 cm³/mol. The fourth-order valence-electron chi connectivity index (χ4n) is 3.30. The van der Waals surface area contributed by atoms with Gasteiger partial charge >= 0.3 is 0 Å². The first-order valence-electron chi connectivity index (χ1n) is 10.1. The number of rotatable bonds is 5. The zero-order valence-corrected chi connectivity index (χ0v) is 18.0. The molecule has 0 unspecified atom stereocenters. The molecule has 0 fully saturated rings. The molecule has 2 aromatic carbocycles. The molecule has 4 rings (SSSR count). The second kappa shape index (κ2) is 8.47. The summed E-state index contributed by atoms with van der Waals surface area (Å²) in [7, 11) is 3.46. The Labute approximate surface area is 180 Å². The Morgan fingerprint density at radius 2 is 1.71 bits per heavy atom. The third kappa shape index (κ3) is 4.07. The van der Waals surface area contributed by atoms with Crippen LogP contribution in [0.4, 0.5) is 0 Å². The quantitative estimate of drug-likeness (QED) is 0.481. The number of hydrogen-bond acceptors (Lipinski definition) is 6. The summed E-state index contributed by atoms with van der Waals surface area (Å²) in [6, 6.07) is 15.3. The smallest absolute Gasteiger partial charge is 0.268 e. The highest BCUT2D eigenvalue weighted by Crippen LogP contribution is 2.28. The van der Waals surface area contributed by atoms with Crippen LogP contribution in [0.5, 0.6) is 0 Å². The van der Waals surface area contributed by atoms with E-state index in [2.05, 4.69) is 28.2 Å². The normalized spacial score (nSPS) is 10.8. The average Bonchev–Trinajstić information content (AvgIpc) is 3.29. The van der Waals surface area contributed by atoms with Gasteiger partial charge in [-0.1, -0.05) is 37.3 Å². The summed E-state index contributed by atoms with van der Waals surface area (Å²) < 4.78 is 5.97. The van der Waals surface area contributed by atoms with Crippen molar-refractivity contribution >= 4 is 5.91 Å². The minimum absolute atomic E-state index is 0.0482. The van der Waals surface area contributed by atoms with Crippen LogP contribution in [0.15, 0.2) is 59.1 Å². The molecule has 0 radical (unpaired) electrons. The van der Waals surface area contributed by atoms with E-state index in [1.165, 1.54) is 0 Å². The van der Waals surface area contributed by atoms with Gasteiger partial charge < -0.3 is 9.32 Å². The van der Waals surface area contributed by atoms with E-state index in [-0.39, 0.29) is 5.91 Å². The highest BCUT2D eigenvalue weighted by Gasteiger charge is 2.17. The van der Waals surface area contributed by atoms with Gasteiger partial charge in [0.1, 0.15) is 5.69 Å². The maximum Gasteiger partial charge on any atom is 0.268 e. The molecule has 7 heteroatoms. The molecule has 0 aliphatic carbocycles. The topological polar surface area (TPSA) is 85.0 Å². The van der Waals surface area contributed by atoms with Gasteiger partial charge in [-0.15, -0.1) is 10.2 Å². The summed E-state index contributed by atoms with van der Waals surface area (Å²) in [5.41, 5.74) is 5.43. The number of carbonyl (C=O) groups excluding carboxylic acids is 1. The molecule has 0 N–H and O–H groups in total. The highest BCUT2D eigenvalue weighted by molar-refractivity contribution is 5.94. The van der Waals surface area contributed by atoms with Crippen LogP contribution >= 0.6 is 0 Å². The van der Waals surface area contributed by atoms with Crippen molar-refractivity contribution in [3.8, 4) is 34.3 Å². The molecule has 7 nitrogen and oxygen atoms in total. The van der Waals surface area contributed by atoms with Gasteiger partial charge in [0.25, 0.3) is 11.8 Å². The average molecular weight is 413 g/mol. The van der Waals surface area contributed by atoms with Gasteiger partial charge in [-0.25, -0.2) is 4.98 Å². The van der Waals surface area contributed by atoms with Crippen LogP contribution in [0.1, 0.15) is 28.5 Å². The molecule has 2 aromatic heterocycles. The number of carbonyl (C=O) groups is 1. The second-order valence-electron chi connectivity index (χ2n) is 7.39. The maximum atomic E-state index is 12.1. The van der Waals surface area contributed by atoms with Crippen molar-refractivity contribution in [3.05, 3.63) is 71.5 Å². The number of hydrogen-bond donors (Lipinski definition) is 0. The van der Waals surface area contributed by atoms with Gasteiger partial charge in [0.15, 0.2) is 0 Å². The lowest BCUT2D eigenvalue weighted by atomic mass is 10.1. The molecule has 31 heavy (non-hydrogen) atoms. The molecule has 0 bridgehead atoms. The standard InChI is InChI=1S/C24H23N5O2/c1-5-16-8-6-7-9-19(16)22-27-28-23(31-22)21-15(2)25-14-20(26-21)17-10-12-18(13-11-17)24(30)29(3)4/h6-14H,5H2,1-4H3. The SMILES string of the molecule is CCc1ccccc1-c1nnc(-c2nc(-c3ccc(C(=O)N(C)C)cc3)cnc2C)o1. The summed E-state index contributed by atoms with van der Waals surface area (Å²) in [5, 5.41) is 8.46. The van der Waals surface area contributed by atoms with E-state index in [1.807, 2.05) is 37.3 Å². The highest BCUT2D eigenvalue weighted by atomic mass is 16.4. The van der Waals surface area contributed by atoms with Crippen molar-refractivity contribution < 1.29 is 9.21 Å². The van der Waals surface area contributed by atoms with Gasteiger partial charge in [-0.2, -0.15) is 0 Å². The van der Waals surface area contributed by atoms with Crippen LogP contribution < -0.4 is 0 Å². The molecule has 0 saturated heterocycles. The first kappa shape index (κ1) is 20.4. The van der Waals surface area contributed by atoms with Crippen molar-refractivity contribution in [2.75, 3.05) is 14.1 Å². The Balaban J connectivity index is 1.68. The monoisotopic (exact) mass is 413 g/mol. The fraction of sp³-hybridized carbons (Fsp3) is 0.208. The van der Waals surface area contributed by atoms with Crippen molar-refractivity contribution in [1.29, 1.82) is 0 Å². The molecular weight excluding hydrogens is 390 g/mol. The van der Waals surface area contributed by atoms with Crippen molar-refractivity contribution in [3.63, 3.8) is 0 Å². The molecule has 0 saturated carbocycles. The van der Waals surface area contributed by atoms with Crippen molar-refractivity contribution in [2.24, 2.45) is 0 Å². The molecule has 4 aromatic rings. The van der Waals surface area contributed by atoms with Crippen LogP contribution in [-0.4, -0.2) is 45.1 Å². The Hall–Kier alpha value is -3.87. The Morgan fingerprint density at radius 3 is 2.42 bits per heavy atom. The third-order valence-electron chi connectivity index (χ3n) is 5.05. The molecule has 0 atom stereocenters. The van der Waals surface area contributed by atoms with Gasteiger partial charge in [-0.05, 0) is 37.1 Å². The van der Waals surface area contributed by atoms with Crippen molar-refractivity contribution in [1.82, 2.24) is 25.1 Å². The minimum atomic E-state index is -0.0482. The largest absolute Gasteiger partial charge is 0.415 e. The van der Waals surface area contributed by atoms with Gasteiger partial charge in [0, 0.05) is 30.8 Å². The molecule has 0 aliphatic heterocycles. The summed E-state index contributed by atoms with van der Waals surface area (Å²) in [4.78, 5) is 22.8. The number of nitrogens with zero attached hydrogens (tertiary/aromatic N) is 5. The predicted octanol–water partition coefficient (Wildman–Crippen LogP) is 4.43. The van der Waals surface area contributed by atoms with Crippen LogP contribution in [0, 0.1) is 6.92 Å². The van der Waals surface area contributed by atoms with Crippen LogP contribution in [0.2, 0.25) is 0 Å². The Bertz CT molecular complexity index is 1230. The summed E-state index contributed by atoms with van der Waals surface area (Å²) in [6.45, 7) is 3.95. The van der Waals surface area contributed by atoms with Crippen LogP contribution in [0.25, 0.3) is 34.3 Å². The molecule has 0 spiro atoms. The van der Waals surface area contributed by atoms with Crippen LogP contribution in [0.3, 0.4) is 0 Å². The number of aromatic nitrogens is 4. The van der Waals surface area contributed by atoms with E-state index >= 15 is 0 Å². The summed E-state index contributed by atoms with van der Waals surface area (Å²) >= 11 is 0. The molecule has 1 amide bonds. The number of amides is 1. The van der Waals surface area contributed by atoms with Gasteiger partial charge in [0.05, 0.1) is 17.6 Å². The lowest BCUT2D eigenvalue weighted by molar-refractivity contribution is 0.0827. The van der Waals surface area contributed by atoms with Gasteiger partial charge in [0.2, 0.25) is 5.89 Å². The number of aryl methyl sites for hydroxylation is 2. The molecular formula is C24H23N5O2. The molecule has 2 heterocycles. The summed E-state index contributed by atoms with van der Waals surface area (Å²) in [5.74, 6) is 0.741. The fourth-order valence-corrected chi connectivity index (χ4v) is 3.30. The zero-order chi connectivity index (χ0) is 22.0. The Morgan fingerprint density at radius 1 is 1.00 bits per heavy atom. The van der Waals surface area contributed by atoms with Crippen molar-refractivity contribution in [2.45, 2.75) is 20.3 Å². The lowest BCUT2D eigenvalue weighted by Crippen LogP contribution is -2.21. The first-order valence-corrected chi connectivity index (χ1v) is 10.1. The van der Waals surface area contributed by atoms with Crippen LogP contribution in [-0.2, 0) is 6.42 Å². The summed E-state index contributed by atoms with van der Waals surface area (Å²) in [6.07, 6.45) is 2.57. The molecule has 0 aliphatic rings. The lowest BCUT2D eigenvalue weighted by Gasteiger charge is -2.10. The van der Waals surface area contributed by atoms with Gasteiger partial charge in [-0.3, -0.25) is 9.78 Å². The van der Waals surface area contributed by atoms with E-state index in [9.17, 15) is 4.79 Å². The van der Waals surface area contributed by atoms with E-state index in [1.54, 1.807) is 37.3 Å². The molecule has 156 valence electrons. The van der Waals surface area contributed by atoms with E-state index in [0.717, 1.165) is 23.1 Å². The maximum absolute atomic E-state index is 12.1. The van der Waals surface area contributed by atoms with E-state index in [4.69, 9.17) is 9.40 Å².